The van der Waals surface area contributed by atoms with Gasteiger partial charge in [0.2, 0.25) is 0 Å². The molecule has 0 bridgehead atoms. The summed E-state index contributed by atoms with van der Waals surface area (Å²) in [5.74, 6) is 3.49. The molecule has 1 aliphatic heterocycles. The van der Waals surface area contributed by atoms with Crippen molar-refractivity contribution in [2.75, 3.05) is 13.7 Å². The molecule has 3 rings (SSSR count). The van der Waals surface area contributed by atoms with E-state index in [9.17, 15) is 0 Å². The van der Waals surface area contributed by atoms with E-state index in [0.29, 0.717) is 5.92 Å². The minimum Gasteiger partial charge on any atom is -0.496 e. The summed E-state index contributed by atoms with van der Waals surface area (Å²) in [6.07, 6.45) is 0.752. The van der Waals surface area contributed by atoms with Crippen molar-refractivity contribution < 1.29 is 4.74 Å². The van der Waals surface area contributed by atoms with Gasteiger partial charge >= 0.3 is 0 Å². The third kappa shape index (κ3) is 2.65. The first-order valence-electron chi connectivity index (χ1n) is 7.48. The molecule has 1 atom stereocenters. The van der Waals surface area contributed by atoms with Crippen molar-refractivity contribution in [3.8, 4) is 5.75 Å². The third-order valence-corrected chi connectivity index (χ3v) is 4.04. The zero-order valence-electron chi connectivity index (χ0n) is 12.8. The Bertz CT molecular complexity index is 620. The smallest absolute Gasteiger partial charge is 0.150 e. The zero-order valence-corrected chi connectivity index (χ0v) is 12.8. The lowest BCUT2D eigenvalue weighted by Gasteiger charge is -2.27. The molecule has 21 heavy (non-hydrogen) atoms. The highest BCUT2D eigenvalue weighted by molar-refractivity contribution is 5.35. The molecule has 1 aromatic heterocycles. The van der Waals surface area contributed by atoms with Crippen LogP contribution >= 0.6 is 0 Å². The lowest BCUT2D eigenvalue weighted by molar-refractivity contribution is 0.335. The molecule has 0 radical (unpaired) electrons. The highest BCUT2D eigenvalue weighted by Gasteiger charge is 2.27. The Morgan fingerprint density at radius 3 is 2.90 bits per heavy atom. The van der Waals surface area contributed by atoms with Crippen LogP contribution < -0.4 is 10.1 Å². The van der Waals surface area contributed by atoms with Crippen molar-refractivity contribution in [3.63, 3.8) is 0 Å². The van der Waals surface area contributed by atoms with Crippen LogP contribution in [0, 0.1) is 5.92 Å². The summed E-state index contributed by atoms with van der Waals surface area (Å²) < 4.78 is 7.69. The van der Waals surface area contributed by atoms with E-state index in [1.54, 1.807) is 7.11 Å². The number of methoxy groups -OCH3 is 1. The minimum atomic E-state index is 0.290. The molecule has 5 nitrogen and oxygen atoms in total. The largest absolute Gasteiger partial charge is 0.496 e. The topological polar surface area (TPSA) is 52.0 Å². The maximum Gasteiger partial charge on any atom is 0.150 e. The van der Waals surface area contributed by atoms with E-state index < -0.39 is 0 Å². The number of aromatic nitrogens is 3. The summed E-state index contributed by atoms with van der Waals surface area (Å²) in [6.45, 7) is 6.31. The van der Waals surface area contributed by atoms with Gasteiger partial charge in [-0.1, -0.05) is 32.0 Å². The predicted molar refractivity (Wildman–Crippen MR) is 81.4 cm³/mol. The highest BCUT2D eigenvalue weighted by Crippen LogP contribution is 2.26. The molecule has 1 unspecified atom stereocenters. The van der Waals surface area contributed by atoms with Gasteiger partial charge in [0.05, 0.1) is 13.2 Å². The Balaban J connectivity index is 1.91. The molecule has 0 saturated heterocycles. The van der Waals surface area contributed by atoms with Gasteiger partial charge < -0.3 is 14.6 Å². The first-order valence-corrected chi connectivity index (χ1v) is 7.48. The molecule has 2 heterocycles. The number of fused-ring (bicyclic) bond motifs is 1. The number of rotatable bonds is 4. The van der Waals surface area contributed by atoms with E-state index in [0.717, 1.165) is 42.5 Å². The van der Waals surface area contributed by atoms with Crippen molar-refractivity contribution in [1.29, 1.82) is 0 Å². The fourth-order valence-corrected chi connectivity index (χ4v) is 2.93. The fraction of sp³-hybridized carbons (Fsp3) is 0.500. The fourth-order valence-electron chi connectivity index (χ4n) is 2.93. The van der Waals surface area contributed by atoms with Crippen molar-refractivity contribution in [2.45, 2.75) is 32.9 Å². The van der Waals surface area contributed by atoms with Gasteiger partial charge in [0, 0.05) is 25.1 Å². The lowest BCUT2D eigenvalue weighted by Crippen LogP contribution is -2.37. The number of ether oxygens (including phenoxy) is 1. The Morgan fingerprint density at radius 2 is 2.14 bits per heavy atom. The van der Waals surface area contributed by atoms with Crippen LogP contribution in [-0.4, -0.2) is 28.4 Å². The minimum absolute atomic E-state index is 0.290. The zero-order chi connectivity index (χ0) is 14.8. The van der Waals surface area contributed by atoms with Crippen LogP contribution in [0.15, 0.2) is 24.3 Å². The van der Waals surface area contributed by atoms with Gasteiger partial charge in [0.25, 0.3) is 0 Å². The van der Waals surface area contributed by atoms with Gasteiger partial charge in [-0.05, 0) is 12.0 Å². The molecule has 1 aliphatic rings. The summed E-state index contributed by atoms with van der Waals surface area (Å²) in [7, 11) is 1.71. The first kappa shape index (κ1) is 14.1. The van der Waals surface area contributed by atoms with Gasteiger partial charge in [0.15, 0.2) is 5.82 Å². The van der Waals surface area contributed by atoms with Crippen LogP contribution in [-0.2, 0) is 13.0 Å². The molecule has 0 aliphatic carbocycles. The van der Waals surface area contributed by atoms with Crippen LogP contribution in [0.2, 0.25) is 0 Å². The van der Waals surface area contributed by atoms with Crippen LogP contribution in [0.5, 0.6) is 5.75 Å². The molecule has 0 amide bonds. The molecule has 1 N–H and O–H groups in total. The molecule has 0 saturated carbocycles. The van der Waals surface area contributed by atoms with Crippen molar-refractivity contribution in [1.82, 2.24) is 20.1 Å². The van der Waals surface area contributed by atoms with Crippen molar-refractivity contribution >= 4 is 0 Å². The van der Waals surface area contributed by atoms with Crippen molar-refractivity contribution in [3.05, 3.63) is 41.5 Å². The number of hydrogen-bond acceptors (Lipinski definition) is 4. The Morgan fingerprint density at radius 1 is 1.33 bits per heavy atom. The second-order valence-corrected chi connectivity index (χ2v) is 5.79. The maximum atomic E-state index is 5.43. The van der Waals surface area contributed by atoms with E-state index in [1.807, 2.05) is 18.2 Å². The van der Waals surface area contributed by atoms with Gasteiger partial charge in [-0.2, -0.15) is 0 Å². The second-order valence-electron chi connectivity index (χ2n) is 5.79. The number of hydrogen-bond donors (Lipinski definition) is 1. The van der Waals surface area contributed by atoms with E-state index in [4.69, 9.17) is 4.74 Å². The Hall–Kier alpha value is -1.88. The Labute approximate surface area is 125 Å². The lowest BCUT2D eigenvalue weighted by atomic mass is 10.0. The normalized spacial score (nSPS) is 17.8. The van der Waals surface area contributed by atoms with Gasteiger partial charge in [0.1, 0.15) is 11.6 Å². The first-order chi connectivity index (χ1) is 10.2. The van der Waals surface area contributed by atoms with Crippen LogP contribution in [0.3, 0.4) is 0 Å². The molecular weight excluding hydrogens is 264 g/mol. The van der Waals surface area contributed by atoms with E-state index >= 15 is 0 Å². The number of benzene rings is 1. The summed E-state index contributed by atoms with van der Waals surface area (Å²) in [5.41, 5.74) is 1.15. The molecule has 1 aromatic carbocycles. The van der Waals surface area contributed by atoms with Gasteiger partial charge in [-0.25, -0.2) is 0 Å². The SMILES string of the molecule is COc1ccccc1Cc1nnc2n1CCNC2C(C)C. The van der Waals surface area contributed by atoms with Crippen LogP contribution in [0.25, 0.3) is 0 Å². The van der Waals surface area contributed by atoms with Crippen LogP contribution in [0.4, 0.5) is 0 Å². The highest BCUT2D eigenvalue weighted by atomic mass is 16.5. The average Bonchev–Trinajstić information content (AvgIpc) is 2.91. The standard InChI is InChI=1S/C16H22N4O/c1-11(2)15-16-19-18-14(20(16)9-8-17-15)10-12-6-4-5-7-13(12)21-3/h4-7,11,15,17H,8-10H2,1-3H3. The predicted octanol–water partition coefficient (Wildman–Crippen LogP) is 2.18. The molecular formula is C16H22N4O. The van der Waals surface area contributed by atoms with E-state index in [1.165, 1.54) is 0 Å². The Kier molecular flexibility index (Phi) is 3.92. The quantitative estimate of drug-likeness (QED) is 0.936. The number of nitrogens with one attached hydrogen (secondary N) is 1. The summed E-state index contributed by atoms with van der Waals surface area (Å²) in [5, 5.41) is 12.4. The summed E-state index contributed by atoms with van der Waals surface area (Å²) in [6, 6.07) is 8.38. The van der Waals surface area contributed by atoms with E-state index in [-0.39, 0.29) is 6.04 Å². The molecule has 2 aromatic rings. The number of para-hydroxylation sites is 1. The second kappa shape index (κ2) is 5.85. The average molecular weight is 286 g/mol. The van der Waals surface area contributed by atoms with Crippen LogP contribution in [0.1, 0.15) is 37.1 Å². The van der Waals surface area contributed by atoms with E-state index in [2.05, 4.69) is 40.0 Å². The third-order valence-electron chi connectivity index (χ3n) is 4.04. The maximum absolute atomic E-state index is 5.43. The number of nitrogens with zero attached hydrogens (tertiary/aromatic N) is 3. The van der Waals surface area contributed by atoms with Crippen molar-refractivity contribution in [2.24, 2.45) is 5.92 Å². The van der Waals surface area contributed by atoms with Gasteiger partial charge in [-0.3, -0.25) is 0 Å². The summed E-state index contributed by atoms with van der Waals surface area (Å²) in [4.78, 5) is 0. The summed E-state index contributed by atoms with van der Waals surface area (Å²) >= 11 is 0. The molecule has 112 valence electrons. The molecule has 0 fully saturated rings. The monoisotopic (exact) mass is 286 g/mol. The van der Waals surface area contributed by atoms with Gasteiger partial charge in [-0.15, -0.1) is 10.2 Å². The molecule has 5 heteroatoms. The molecule has 0 spiro atoms.